The molecule has 4 aromatic rings. The third-order valence-electron chi connectivity index (χ3n) is 5.56. The molecular weight excluding hydrogens is 388 g/mol. The van der Waals surface area contributed by atoms with E-state index in [1.165, 1.54) is 0 Å². The Kier molecular flexibility index (Phi) is 4.25. The van der Waals surface area contributed by atoms with E-state index in [4.69, 9.17) is 16.3 Å². The van der Waals surface area contributed by atoms with E-state index in [2.05, 4.69) is 4.98 Å². The van der Waals surface area contributed by atoms with Gasteiger partial charge in [-0.05, 0) is 35.4 Å². The minimum atomic E-state index is -0.981. The van der Waals surface area contributed by atoms with Crippen LogP contribution in [0, 0.1) is 10.1 Å². The Balaban J connectivity index is 1.74. The molecule has 2 heterocycles. The summed E-state index contributed by atoms with van der Waals surface area (Å²) in [6, 6.07) is 21.5. The Morgan fingerprint density at radius 3 is 2.45 bits per heavy atom. The van der Waals surface area contributed by atoms with Gasteiger partial charge in [0, 0.05) is 32.6 Å². The molecule has 3 atom stereocenters. The fourth-order valence-corrected chi connectivity index (χ4v) is 4.39. The van der Waals surface area contributed by atoms with Crippen LogP contribution in [0.1, 0.15) is 28.7 Å². The van der Waals surface area contributed by atoms with Gasteiger partial charge >= 0.3 is 0 Å². The van der Waals surface area contributed by atoms with Gasteiger partial charge in [0.2, 0.25) is 0 Å². The van der Waals surface area contributed by atoms with Gasteiger partial charge in [-0.2, -0.15) is 0 Å². The molecule has 1 aliphatic heterocycles. The standard InChI is InChI=1S/C23H17ClN2O3/c24-15-11-9-14(10-12-15)23-22(26(27)28)21(17-6-2-4-8-20(17)29-23)18-13-25-19-7-3-1-5-16(18)19/h1-13,21-23,25H/t21-,22-,23-/m1/s1. The summed E-state index contributed by atoms with van der Waals surface area (Å²) in [5.74, 6) is 0.215. The van der Waals surface area contributed by atoms with Crippen molar-refractivity contribution < 1.29 is 9.66 Å². The molecule has 0 unspecified atom stereocenters. The summed E-state index contributed by atoms with van der Waals surface area (Å²) in [6.45, 7) is 0. The minimum Gasteiger partial charge on any atom is -0.478 e. The molecule has 5 rings (SSSR count). The summed E-state index contributed by atoms with van der Waals surface area (Å²) in [5, 5.41) is 13.9. The van der Waals surface area contributed by atoms with Crippen molar-refractivity contribution in [3.8, 4) is 5.75 Å². The van der Waals surface area contributed by atoms with Gasteiger partial charge in [0.15, 0.2) is 6.10 Å². The van der Waals surface area contributed by atoms with E-state index in [-0.39, 0.29) is 4.92 Å². The lowest BCUT2D eigenvalue weighted by atomic mass is 9.78. The average molecular weight is 405 g/mol. The molecule has 144 valence electrons. The van der Waals surface area contributed by atoms with Crippen LogP contribution < -0.4 is 4.74 Å². The van der Waals surface area contributed by atoms with Crippen molar-refractivity contribution in [1.29, 1.82) is 0 Å². The zero-order valence-electron chi connectivity index (χ0n) is 15.3. The molecule has 29 heavy (non-hydrogen) atoms. The number of aromatic amines is 1. The normalized spacial score (nSPS) is 20.8. The monoisotopic (exact) mass is 404 g/mol. The van der Waals surface area contributed by atoms with Crippen molar-refractivity contribution >= 4 is 22.5 Å². The number of H-pyrrole nitrogens is 1. The Labute approximate surface area is 172 Å². The Morgan fingerprint density at radius 1 is 0.931 bits per heavy atom. The molecule has 0 radical (unpaired) electrons. The number of benzene rings is 3. The third-order valence-corrected chi connectivity index (χ3v) is 5.81. The summed E-state index contributed by atoms with van der Waals surface area (Å²) >= 11 is 6.03. The van der Waals surface area contributed by atoms with Gasteiger partial charge in [0.25, 0.3) is 6.04 Å². The van der Waals surface area contributed by atoms with E-state index in [1.54, 1.807) is 24.3 Å². The van der Waals surface area contributed by atoms with Crippen LogP contribution in [0.25, 0.3) is 10.9 Å². The van der Waals surface area contributed by atoms with Gasteiger partial charge in [-0.25, -0.2) is 0 Å². The number of hydrogen-bond donors (Lipinski definition) is 1. The summed E-state index contributed by atoms with van der Waals surface area (Å²) in [4.78, 5) is 15.4. The zero-order chi connectivity index (χ0) is 20.0. The number of fused-ring (bicyclic) bond motifs is 2. The molecule has 1 aliphatic rings. The average Bonchev–Trinajstić information content (AvgIpc) is 3.16. The Bertz CT molecular complexity index is 1200. The van der Waals surface area contributed by atoms with E-state index in [1.807, 2.05) is 54.7 Å². The van der Waals surface area contributed by atoms with Crippen molar-refractivity contribution in [2.24, 2.45) is 0 Å². The van der Waals surface area contributed by atoms with Crippen LogP contribution in [-0.2, 0) is 0 Å². The van der Waals surface area contributed by atoms with Crippen molar-refractivity contribution in [1.82, 2.24) is 4.98 Å². The second-order valence-corrected chi connectivity index (χ2v) is 7.61. The second kappa shape index (κ2) is 6.94. The molecule has 3 aromatic carbocycles. The van der Waals surface area contributed by atoms with Gasteiger partial charge in [-0.3, -0.25) is 10.1 Å². The van der Waals surface area contributed by atoms with Gasteiger partial charge < -0.3 is 9.72 Å². The van der Waals surface area contributed by atoms with Gasteiger partial charge in [-0.1, -0.05) is 60.1 Å². The molecular formula is C23H17ClN2O3. The van der Waals surface area contributed by atoms with Crippen LogP contribution >= 0.6 is 11.6 Å². The van der Waals surface area contributed by atoms with Gasteiger partial charge in [-0.15, -0.1) is 0 Å². The number of aromatic nitrogens is 1. The van der Waals surface area contributed by atoms with E-state index in [0.29, 0.717) is 10.8 Å². The van der Waals surface area contributed by atoms with Crippen molar-refractivity contribution in [2.45, 2.75) is 18.1 Å². The molecule has 0 bridgehead atoms. The highest BCUT2D eigenvalue weighted by atomic mass is 35.5. The summed E-state index contributed by atoms with van der Waals surface area (Å²) in [6.07, 6.45) is 1.16. The summed E-state index contributed by atoms with van der Waals surface area (Å²) in [7, 11) is 0. The number of halogens is 1. The molecule has 0 amide bonds. The fourth-order valence-electron chi connectivity index (χ4n) is 4.26. The molecule has 5 nitrogen and oxygen atoms in total. The number of nitro groups is 1. The van der Waals surface area contributed by atoms with Crippen LogP contribution in [0.15, 0.2) is 79.0 Å². The van der Waals surface area contributed by atoms with Crippen LogP contribution in [-0.4, -0.2) is 15.9 Å². The predicted octanol–water partition coefficient (Wildman–Crippen LogP) is 5.73. The highest BCUT2D eigenvalue weighted by Gasteiger charge is 2.48. The van der Waals surface area contributed by atoms with Crippen LogP contribution in [0.3, 0.4) is 0 Å². The van der Waals surface area contributed by atoms with Gasteiger partial charge in [0.05, 0.1) is 5.92 Å². The molecule has 0 spiro atoms. The molecule has 0 saturated heterocycles. The lowest BCUT2D eigenvalue weighted by molar-refractivity contribution is -0.538. The lowest BCUT2D eigenvalue weighted by Gasteiger charge is -2.34. The number of nitrogens with zero attached hydrogens (tertiary/aromatic N) is 1. The number of nitrogens with one attached hydrogen (secondary N) is 1. The van der Waals surface area contributed by atoms with Crippen molar-refractivity contribution in [3.63, 3.8) is 0 Å². The Morgan fingerprint density at radius 2 is 1.66 bits per heavy atom. The number of ether oxygens (including phenoxy) is 1. The van der Waals surface area contributed by atoms with Crippen LogP contribution in [0.5, 0.6) is 5.75 Å². The first-order valence-corrected chi connectivity index (χ1v) is 9.72. The minimum absolute atomic E-state index is 0.221. The quantitative estimate of drug-likeness (QED) is 0.350. The van der Waals surface area contributed by atoms with Crippen LogP contribution in [0.4, 0.5) is 0 Å². The molecule has 0 aliphatic carbocycles. The summed E-state index contributed by atoms with van der Waals surface area (Å²) < 4.78 is 6.18. The zero-order valence-corrected chi connectivity index (χ0v) is 16.0. The molecule has 0 fully saturated rings. The van der Waals surface area contributed by atoms with E-state index in [0.717, 1.165) is 27.6 Å². The molecule has 6 heteroatoms. The van der Waals surface area contributed by atoms with E-state index >= 15 is 0 Å². The fraction of sp³-hybridized carbons (Fsp3) is 0.130. The third kappa shape index (κ3) is 2.95. The Hall–Kier alpha value is -3.31. The van der Waals surface area contributed by atoms with E-state index in [9.17, 15) is 10.1 Å². The van der Waals surface area contributed by atoms with Crippen molar-refractivity contribution in [2.75, 3.05) is 0 Å². The van der Waals surface area contributed by atoms with Crippen molar-refractivity contribution in [3.05, 3.63) is 111 Å². The van der Waals surface area contributed by atoms with Crippen LogP contribution in [0.2, 0.25) is 5.02 Å². The smallest absolute Gasteiger partial charge is 0.264 e. The second-order valence-electron chi connectivity index (χ2n) is 7.17. The first kappa shape index (κ1) is 17.8. The first-order valence-electron chi connectivity index (χ1n) is 9.34. The van der Waals surface area contributed by atoms with Gasteiger partial charge in [0.1, 0.15) is 5.75 Å². The largest absolute Gasteiger partial charge is 0.478 e. The SMILES string of the molecule is O=[N+]([O-])[C@@H]1[C@@H](c2c[nH]c3ccccc23)c2ccccc2O[C@@H]1c1ccc(Cl)cc1. The maximum Gasteiger partial charge on any atom is 0.264 e. The number of hydrogen-bond acceptors (Lipinski definition) is 3. The maximum atomic E-state index is 12.3. The maximum absolute atomic E-state index is 12.3. The number of rotatable bonds is 3. The molecule has 0 saturated carbocycles. The highest BCUT2D eigenvalue weighted by molar-refractivity contribution is 6.30. The van der Waals surface area contributed by atoms with E-state index < -0.39 is 18.1 Å². The summed E-state index contributed by atoms with van der Waals surface area (Å²) in [5.41, 5.74) is 3.41. The first-order chi connectivity index (χ1) is 14.1. The topological polar surface area (TPSA) is 68.2 Å². The molecule has 1 aromatic heterocycles. The highest BCUT2D eigenvalue weighted by Crippen LogP contribution is 2.48. The lowest BCUT2D eigenvalue weighted by Crippen LogP contribution is -2.40. The predicted molar refractivity (Wildman–Crippen MR) is 112 cm³/mol. The number of para-hydroxylation sites is 2. The molecule has 1 N–H and O–H groups in total.